The fourth-order valence-corrected chi connectivity index (χ4v) is 1.92. The van der Waals surface area contributed by atoms with E-state index in [1.54, 1.807) is 0 Å². The lowest BCUT2D eigenvalue weighted by Crippen LogP contribution is -2.38. The summed E-state index contributed by atoms with van der Waals surface area (Å²) in [5, 5.41) is 9.51. The molecule has 0 spiro atoms. The van der Waals surface area contributed by atoms with E-state index in [1.807, 2.05) is 0 Å². The number of carbonyl (C=O) groups excluding carboxylic acids is 1. The van der Waals surface area contributed by atoms with Crippen LogP contribution in [0.2, 0.25) is 0 Å². The topological polar surface area (TPSA) is 74.8 Å². The molecule has 0 unspecified atom stereocenters. The van der Waals surface area contributed by atoms with Crippen molar-refractivity contribution in [2.24, 2.45) is 0 Å². The number of nitrogens with zero attached hydrogens (tertiary/aromatic N) is 1. The minimum absolute atomic E-state index is 0.102. The summed E-state index contributed by atoms with van der Waals surface area (Å²) in [6.45, 7) is 0. The van der Waals surface area contributed by atoms with E-state index in [1.165, 1.54) is 12.1 Å². The molecule has 1 amide bonds. The van der Waals surface area contributed by atoms with Gasteiger partial charge in [0.05, 0.1) is 5.54 Å². The van der Waals surface area contributed by atoms with E-state index in [9.17, 15) is 9.59 Å². The number of alkyl halides is 1. The van der Waals surface area contributed by atoms with E-state index in [4.69, 9.17) is 0 Å². The largest absolute Gasteiger partial charge is 0.344 e. The zero-order valence-corrected chi connectivity index (χ0v) is 9.50. The lowest BCUT2D eigenvalue weighted by atomic mass is 10.3. The Morgan fingerprint density at radius 1 is 1.60 bits per heavy atom. The lowest BCUT2D eigenvalue weighted by Gasteiger charge is -2.12. The van der Waals surface area contributed by atoms with Crippen LogP contribution in [0.4, 0.5) is 0 Å². The van der Waals surface area contributed by atoms with Crippen molar-refractivity contribution >= 4 is 21.8 Å². The molecule has 15 heavy (non-hydrogen) atoms. The highest BCUT2D eigenvalue weighted by Gasteiger charge is 2.43. The van der Waals surface area contributed by atoms with Gasteiger partial charge in [0, 0.05) is 11.4 Å². The van der Waals surface area contributed by atoms with E-state index in [2.05, 4.69) is 31.4 Å². The van der Waals surface area contributed by atoms with Gasteiger partial charge >= 0.3 is 0 Å². The van der Waals surface area contributed by atoms with Crippen molar-refractivity contribution in [2.75, 3.05) is 5.33 Å². The SMILES string of the molecule is O=C(NC1(CBr)CC1)c1ccc(=O)[nH]n1. The van der Waals surface area contributed by atoms with Crippen molar-refractivity contribution in [1.29, 1.82) is 0 Å². The van der Waals surface area contributed by atoms with Crippen molar-refractivity contribution in [3.05, 3.63) is 28.2 Å². The van der Waals surface area contributed by atoms with Gasteiger partial charge in [0.15, 0.2) is 0 Å². The highest BCUT2D eigenvalue weighted by Crippen LogP contribution is 2.36. The van der Waals surface area contributed by atoms with Gasteiger partial charge in [0.2, 0.25) is 0 Å². The number of carbonyl (C=O) groups is 1. The van der Waals surface area contributed by atoms with E-state index >= 15 is 0 Å². The van der Waals surface area contributed by atoms with E-state index in [0.717, 1.165) is 18.2 Å². The summed E-state index contributed by atoms with van der Waals surface area (Å²) in [6.07, 6.45) is 1.96. The van der Waals surface area contributed by atoms with Gasteiger partial charge < -0.3 is 5.32 Å². The Kier molecular flexibility index (Phi) is 2.60. The summed E-state index contributed by atoms with van der Waals surface area (Å²) in [7, 11) is 0. The Hall–Kier alpha value is -1.17. The summed E-state index contributed by atoms with van der Waals surface area (Å²) in [4.78, 5) is 22.4. The molecule has 1 aromatic heterocycles. The van der Waals surface area contributed by atoms with Crippen molar-refractivity contribution in [3.63, 3.8) is 0 Å². The molecule has 5 nitrogen and oxygen atoms in total. The Balaban J connectivity index is 2.08. The molecule has 2 rings (SSSR count). The Morgan fingerprint density at radius 3 is 2.80 bits per heavy atom. The first-order valence-electron chi connectivity index (χ1n) is 4.59. The number of aromatic amines is 1. The van der Waals surface area contributed by atoms with Crippen LogP contribution in [0.25, 0.3) is 0 Å². The van der Waals surface area contributed by atoms with Crippen LogP contribution >= 0.6 is 15.9 Å². The van der Waals surface area contributed by atoms with Crippen LogP contribution in [-0.4, -0.2) is 27.0 Å². The van der Waals surface area contributed by atoms with Crippen LogP contribution in [0.5, 0.6) is 0 Å². The van der Waals surface area contributed by atoms with Crippen LogP contribution < -0.4 is 10.9 Å². The predicted molar refractivity (Wildman–Crippen MR) is 58.1 cm³/mol. The number of halogens is 1. The zero-order chi connectivity index (χ0) is 10.9. The van der Waals surface area contributed by atoms with Crippen molar-refractivity contribution in [1.82, 2.24) is 15.5 Å². The third-order valence-electron chi connectivity index (χ3n) is 2.40. The summed E-state index contributed by atoms with van der Waals surface area (Å²) in [6, 6.07) is 2.70. The first-order valence-corrected chi connectivity index (χ1v) is 5.72. The second-order valence-electron chi connectivity index (χ2n) is 3.67. The maximum atomic E-state index is 11.7. The second kappa shape index (κ2) is 3.77. The average molecular weight is 272 g/mol. The van der Waals surface area contributed by atoms with Gasteiger partial charge in [-0.15, -0.1) is 0 Å². The molecule has 80 valence electrons. The Morgan fingerprint density at radius 2 is 2.33 bits per heavy atom. The van der Waals surface area contributed by atoms with Gasteiger partial charge in [-0.3, -0.25) is 9.59 Å². The Bertz CT molecular complexity index is 419. The van der Waals surface area contributed by atoms with Crippen molar-refractivity contribution < 1.29 is 4.79 Å². The molecule has 1 aliphatic carbocycles. The van der Waals surface area contributed by atoms with Crippen LogP contribution in [0, 0.1) is 0 Å². The van der Waals surface area contributed by atoms with Crippen molar-refractivity contribution in [2.45, 2.75) is 18.4 Å². The number of rotatable bonds is 3. The number of hydrogen-bond acceptors (Lipinski definition) is 3. The standard InChI is InChI=1S/C9H10BrN3O2/c10-5-9(3-4-9)11-8(15)6-1-2-7(14)13-12-6/h1-2H,3-5H2,(H,11,15)(H,13,14). The second-order valence-corrected chi connectivity index (χ2v) is 4.24. The highest BCUT2D eigenvalue weighted by atomic mass is 79.9. The van der Waals surface area contributed by atoms with Gasteiger partial charge in [0.1, 0.15) is 5.69 Å². The smallest absolute Gasteiger partial charge is 0.272 e. The highest BCUT2D eigenvalue weighted by molar-refractivity contribution is 9.09. The zero-order valence-electron chi connectivity index (χ0n) is 7.92. The van der Waals surface area contributed by atoms with E-state index in [-0.39, 0.29) is 22.7 Å². The quantitative estimate of drug-likeness (QED) is 0.783. The molecular weight excluding hydrogens is 262 g/mol. The number of hydrogen-bond donors (Lipinski definition) is 2. The molecule has 0 atom stereocenters. The van der Waals surface area contributed by atoms with Crippen molar-refractivity contribution in [3.8, 4) is 0 Å². The summed E-state index contributed by atoms with van der Waals surface area (Å²) >= 11 is 3.35. The van der Waals surface area contributed by atoms with Gasteiger partial charge in [-0.1, -0.05) is 15.9 Å². The normalized spacial score (nSPS) is 17.1. The van der Waals surface area contributed by atoms with Crippen LogP contribution in [0.3, 0.4) is 0 Å². The third-order valence-corrected chi connectivity index (χ3v) is 3.47. The minimum atomic E-state index is -0.312. The molecule has 0 bridgehead atoms. The first kappa shape index (κ1) is 10.4. The molecule has 0 aromatic carbocycles. The molecule has 1 aromatic rings. The molecule has 0 radical (unpaired) electrons. The van der Waals surface area contributed by atoms with Gasteiger partial charge in [-0.25, -0.2) is 5.10 Å². The first-order chi connectivity index (χ1) is 7.15. The number of amides is 1. The molecule has 6 heteroatoms. The molecular formula is C9H10BrN3O2. The third kappa shape index (κ3) is 2.26. The summed E-state index contributed by atoms with van der Waals surface area (Å²) in [5.74, 6) is -0.247. The van der Waals surface area contributed by atoms with Crippen LogP contribution in [0.1, 0.15) is 23.3 Å². The molecule has 0 saturated heterocycles. The fraction of sp³-hybridized carbons (Fsp3) is 0.444. The summed E-state index contributed by atoms with van der Waals surface area (Å²) in [5.41, 5.74) is -0.176. The van der Waals surface area contributed by atoms with Gasteiger partial charge in [-0.2, -0.15) is 5.10 Å². The lowest BCUT2D eigenvalue weighted by molar-refractivity contribution is 0.0930. The molecule has 1 fully saturated rings. The predicted octanol–water partition coefficient (Wildman–Crippen LogP) is 0.427. The molecule has 2 N–H and O–H groups in total. The molecule has 1 heterocycles. The maximum Gasteiger partial charge on any atom is 0.272 e. The molecule has 1 saturated carbocycles. The van der Waals surface area contributed by atoms with E-state index in [0.29, 0.717) is 0 Å². The van der Waals surface area contributed by atoms with Gasteiger partial charge in [-0.05, 0) is 18.9 Å². The van der Waals surface area contributed by atoms with Gasteiger partial charge in [0.25, 0.3) is 11.5 Å². The molecule has 0 aliphatic heterocycles. The monoisotopic (exact) mass is 271 g/mol. The number of H-pyrrole nitrogens is 1. The average Bonchev–Trinajstić information content (AvgIpc) is 2.99. The van der Waals surface area contributed by atoms with E-state index < -0.39 is 0 Å². The minimum Gasteiger partial charge on any atom is -0.344 e. The number of aromatic nitrogens is 2. The molecule has 1 aliphatic rings. The maximum absolute atomic E-state index is 11.7. The number of nitrogens with one attached hydrogen (secondary N) is 2. The van der Waals surface area contributed by atoms with Crippen LogP contribution in [0.15, 0.2) is 16.9 Å². The summed E-state index contributed by atoms with van der Waals surface area (Å²) < 4.78 is 0. The van der Waals surface area contributed by atoms with Crippen LogP contribution in [-0.2, 0) is 0 Å². The fourth-order valence-electron chi connectivity index (χ4n) is 1.22. The Labute approximate surface area is 94.4 Å².